The minimum absolute atomic E-state index is 0.115. The van der Waals surface area contributed by atoms with Crippen molar-refractivity contribution in [3.63, 3.8) is 0 Å². The van der Waals surface area contributed by atoms with Gasteiger partial charge in [-0.15, -0.1) is 11.8 Å². The van der Waals surface area contributed by atoms with Crippen molar-refractivity contribution in [3.8, 4) is 0 Å². The van der Waals surface area contributed by atoms with E-state index in [1.165, 1.54) is 0 Å². The summed E-state index contributed by atoms with van der Waals surface area (Å²) >= 11 is 1.61. The molecule has 3 amide bonds. The molecule has 2 N–H and O–H groups in total. The van der Waals surface area contributed by atoms with Gasteiger partial charge in [0.1, 0.15) is 17.5 Å². The number of nitrogens with zero attached hydrogens (tertiary/aromatic N) is 2. The Morgan fingerprint density at radius 1 is 1.16 bits per heavy atom. The number of hydrogen-bond acceptors (Lipinski definition) is 5. The van der Waals surface area contributed by atoms with Crippen molar-refractivity contribution in [3.05, 3.63) is 65.5 Å². The normalized spacial score (nSPS) is 21.8. The van der Waals surface area contributed by atoms with E-state index in [0.29, 0.717) is 12.1 Å². The minimum Gasteiger partial charge on any atom is -0.350 e. The average molecular weight is 453 g/mol. The van der Waals surface area contributed by atoms with Gasteiger partial charge < -0.3 is 15.5 Å². The fourth-order valence-electron chi connectivity index (χ4n) is 4.37. The molecular weight excluding hydrogens is 424 g/mol. The molecule has 32 heavy (non-hydrogen) atoms. The molecule has 0 saturated carbocycles. The third-order valence-corrected chi connectivity index (χ3v) is 7.54. The first kappa shape index (κ1) is 22.3. The Balaban J connectivity index is 1.51. The van der Waals surface area contributed by atoms with Gasteiger partial charge in [-0.1, -0.05) is 32.0 Å². The van der Waals surface area contributed by atoms with Gasteiger partial charge in [0.15, 0.2) is 0 Å². The Morgan fingerprint density at radius 2 is 1.84 bits per heavy atom. The number of benzene rings is 1. The molecule has 3 heterocycles. The number of pyridine rings is 1. The van der Waals surface area contributed by atoms with E-state index in [1.54, 1.807) is 29.1 Å². The molecule has 168 valence electrons. The Labute approximate surface area is 192 Å². The molecular formula is C24H28N4O3S. The number of rotatable bonds is 6. The van der Waals surface area contributed by atoms with Crippen molar-refractivity contribution in [1.29, 1.82) is 0 Å². The summed E-state index contributed by atoms with van der Waals surface area (Å²) < 4.78 is -0.493. The lowest BCUT2D eigenvalue weighted by Gasteiger charge is -2.32. The molecule has 3 atom stereocenters. The molecule has 1 aromatic carbocycles. The lowest BCUT2D eigenvalue weighted by molar-refractivity contribution is -0.132. The highest BCUT2D eigenvalue weighted by Gasteiger charge is 2.57. The molecule has 4 rings (SSSR count). The molecule has 0 spiro atoms. The molecule has 0 bridgehead atoms. The Hall–Kier alpha value is -2.87. The number of fused-ring (bicyclic) bond motifs is 3. The van der Waals surface area contributed by atoms with Crippen LogP contribution in [-0.4, -0.2) is 44.4 Å². The third kappa shape index (κ3) is 3.99. The molecule has 1 aromatic heterocycles. The van der Waals surface area contributed by atoms with E-state index in [9.17, 15) is 14.4 Å². The second kappa shape index (κ2) is 8.58. The van der Waals surface area contributed by atoms with Crippen LogP contribution in [0.4, 0.5) is 0 Å². The van der Waals surface area contributed by atoms with Crippen molar-refractivity contribution in [2.24, 2.45) is 5.92 Å². The number of amides is 3. The topological polar surface area (TPSA) is 91.4 Å². The summed E-state index contributed by atoms with van der Waals surface area (Å²) in [6.45, 7) is 8.09. The summed E-state index contributed by atoms with van der Waals surface area (Å²) in [5.74, 6) is -0.798. The van der Waals surface area contributed by atoms with Crippen molar-refractivity contribution >= 4 is 29.5 Å². The molecule has 8 heteroatoms. The number of aromatic nitrogens is 1. The third-order valence-electron chi connectivity index (χ3n) is 6.01. The number of hydrogen-bond donors (Lipinski definition) is 2. The van der Waals surface area contributed by atoms with E-state index in [0.717, 1.165) is 11.1 Å². The second-order valence-electron chi connectivity index (χ2n) is 9.08. The highest BCUT2D eigenvalue weighted by atomic mass is 32.2. The van der Waals surface area contributed by atoms with Gasteiger partial charge in [-0.2, -0.15) is 0 Å². The van der Waals surface area contributed by atoms with Crippen LogP contribution in [0.15, 0.2) is 48.8 Å². The zero-order valence-electron chi connectivity index (χ0n) is 18.7. The van der Waals surface area contributed by atoms with Crippen LogP contribution in [0.2, 0.25) is 0 Å². The maximum absolute atomic E-state index is 13.5. The molecule has 7 nitrogen and oxygen atoms in total. The van der Waals surface area contributed by atoms with Crippen LogP contribution in [0, 0.1) is 5.92 Å². The largest absolute Gasteiger partial charge is 0.350 e. The van der Waals surface area contributed by atoms with Gasteiger partial charge >= 0.3 is 0 Å². The standard InChI is InChI=1S/C24H28N4O3S/c1-14(2)18(20(29)26-13-15-9-11-25-12-10-15)27-21(30)19-24(3,4)32-23-17-8-6-5-7-16(17)22(31)28(19)23/h5-12,14,18-19,23H,13H2,1-4H3,(H,26,29)(H,27,30)/t18-,19+,23+/m0/s1. The molecule has 0 aliphatic carbocycles. The highest BCUT2D eigenvalue weighted by molar-refractivity contribution is 8.01. The first-order valence-electron chi connectivity index (χ1n) is 10.8. The number of carbonyl (C=O) groups excluding carboxylic acids is 3. The van der Waals surface area contributed by atoms with Crippen LogP contribution in [0.1, 0.15) is 54.6 Å². The summed E-state index contributed by atoms with van der Waals surface area (Å²) in [5.41, 5.74) is 2.52. The molecule has 2 aromatic rings. The van der Waals surface area contributed by atoms with E-state index in [-0.39, 0.29) is 29.0 Å². The number of carbonyl (C=O) groups is 3. The lowest BCUT2D eigenvalue weighted by Crippen LogP contribution is -2.58. The van der Waals surface area contributed by atoms with Gasteiger partial charge in [-0.3, -0.25) is 19.4 Å². The van der Waals surface area contributed by atoms with E-state index >= 15 is 0 Å². The van der Waals surface area contributed by atoms with Crippen molar-refractivity contribution < 1.29 is 14.4 Å². The Morgan fingerprint density at radius 3 is 2.53 bits per heavy atom. The molecule has 0 radical (unpaired) electrons. The van der Waals surface area contributed by atoms with Crippen molar-refractivity contribution in [2.75, 3.05) is 0 Å². The number of thioether (sulfide) groups is 1. The Kier molecular flexibility index (Phi) is 5.99. The monoisotopic (exact) mass is 452 g/mol. The SMILES string of the molecule is CC(C)[C@H](NC(=O)[C@H]1N2C(=O)c3ccccc3[C@H]2SC1(C)C)C(=O)NCc1ccncc1. The molecule has 1 fully saturated rings. The predicted molar refractivity (Wildman–Crippen MR) is 124 cm³/mol. The fourth-order valence-corrected chi connectivity index (χ4v) is 5.96. The van der Waals surface area contributed by atoms with Crippen LogP contribution in [0.25, 0.3) is 0 Å². The quantitative estimate of drug-likeness (QED) is 0.703. The van der Waals surface area contributed by atoms with Gasteiger partial charge in [0.05, 0.1) is 0 Å². The molecule has 2 aliphatic heterocycles. The van der Waals surface area contributed by atoms with Gasteiger partial charge in [-0.25, -0.2) is 0 Å². The van der Waals surface area contributed by atoms with E-state index in [2.05, 4.69) is 15.6 Å². The van der Waals surface area contributed by atoms with Gasteiger partial charge in [0.2, 0.25) is 11.8 Å². The summed E-state index contributed by atoms with van der Waals surface area (Å²) in [5, 5.41) is 5.65. The summed E-state index contributed by atoms with van der Waals surface area (Å²) in [4.78, 5) is 45.2. The lowest BCUT2D eigenvalue weighted by atomic mass is 9.98. The van der Waals surface area contributed by atoms with Crippen molar-refractivity contribution in [1.82, 2.24) is 20.5 Å². The zero-order valence-corrected chi connectivity index (χ0v) is 19.5. The van der Waals surface area contributed by atoms with Gasteiger partial charge in [0.25, 0.3) is 5.91 Å². The van der Waals surface area contributed by atoms with Crippen LogP contribution in [-0.2, 0) is 16.1 Å². The molecule has 1 saturated heterocycles. The van der Waals surface area contributed by atoms with Crippen LogP contribution < -0.4 is 10.6 Å². The summed E-state index contributed by atoms with van der Waals surface area (Å²) in [6.07, 6.45) is 3.34. The smallest absolute Gasteiger partial charge is 0.256 e. The number of nitrogens with one attached hydrogen (secondary N) is 2. The van der Waals surface area contributed by atoms with Gasteiger partial charge in [0, 0.05) is 29.2 Å². The maximum Gasteiger partial charge on any atom is 0.256 e. The fraction of sp³-hybridized carbons (Fsp3) is 0.417. The predicted octanol–water partition coefficient (Wildman–Crippen LogP) is 2.89. The minimum atomic E-state index is -0.704. The summed E-state index contributed by atoms with van der Waals surface area (Å²) in [7, 11) is 0. The average Bonchev–Trinajstić information content (AvgIpc) is 3.20. The van der Waals surface area contributed by atoms with Crippen molar-refractivity contribution in [2.45, 2.75) is 56.4 Å². The van der Waals surface area contributed by atoms with Crippen LogP contribution >= 0.6 is 11.8 Å². The van der Waals surface area contributed by atoms with E-state index in [1.807, 2.05) is 64.1 Å². The highest BCUT2D eigenvalue weighted by Crippen LogP contribution is 2.56. The zero-order chi connectivity index (χ0) is 23.0. The van der Waals surface area contributed by atoms with Crippen LogP contribution in [0.3, 0.4) is 0 Å². The first-order valence-corrected chi connectivity index (χ1v) is 11.6. The first-order chi connectivity index (χ1) is 15.2. The van der Waals surface area contributed by atoms with E-state index in [4.69, 9.17) is 0 Å². The maximum atomic E-state index is 13.5. The van der Waals surface area contributed by atoms with Crippen LogP contribution in [0.5, 0.6) is 0 Å². The van der Waals surface area contributed by atoms with Gasteiger partial charge in [-0.05, 0) is 49.1 Å². The molecule has 0 unspecified atom stereocenters. The second-order valence-corrected chi connectivity index (χ2v) is 10.8. The van der Waals surface area contributed by atoms with E-state index < -0.39 is 16.8 Å². The molecule has 2 aliphatic rings. The Bertz CT molecular complexity index is 1040. The summed E-state index contributed by atoms with van der Waals surface area (Å²) in [6, 6.07) is 9.80.